The van der Waals surface area contributed by atoms with E-state index in [-0.39, 0.29) is 18.4 Å². The number of aryl methyl sites for hydroxylation is 1. The number of aromatic nitrogens is 5. The Morgan fingerprint density at radius 3 is 2.54 bits per heavy atom. The van der Waals surface area contributed by atoms with Crippen molar-refractivity contribution in [1.82, 2.24) is 24.8 Å². The molecular formula is C19H22N6O3. The van der Waals surface area contributed by atoms with Crippen LogP contribution in [0.1, 0.15) is 37.0 Å². The number of esters is 1. The standard InChI is InChI=1S/C19H22N6O3/c1-13-16(23-25(22-13)15-8-6-5-7-9-15)17(26)21-14-10-20-24(11-14)12-28-18(27)19(2,3)4/h5-11H,12H2,1-4H3,(H,21,26). The van der Waals surface area contributed by atoms with E-state index >= 15 is 0 Å². The van der Waals surface area contributed by atoms with Crippen LogP contribution in [-0.4, -0.2) is 36.7 Å². The highest BCUT2D eigenvalue weighted by molar-refractivity contribution is 6.03. The monoisotopic (exact) mass is 382 g/mol. The number of amides is 1. The van der Waals surface area contributed by atoms with Crippen molar-refractivity contribution in [3.05, 3.63) is 54.1 Å². The fraction of sp³-hybridized carbons (Fsp3) is 0.316. The quantitative estimate of drug-likeness (QED) is 0.680. The summed E-state index contributed by atoms with van der Waals surface area (Å²) in [5.41, 5.74) is 1.36. The van der Waals surface area contributed by atoms with E-state index in [1.807, 2.05) is 30.3 Å². The van der Waals surface area contributed by atoms with Crippen LogP contribution in [0.25, 0.3) is 5.69 Å². The Morgan fingerprint density at radius 1 is 1.14 bits per heavy atom. The second kappa shape index (κ2) is 7.63. The zero-order valence-corrected chi connectivity index (χ0v) is 16.2. The molecule has 3 aromatic rings. The predicted octanol–water partition coefficient (Wildman–Crippen LogP) is 2.57. The fourth-order valence-electron chi connectivity index (χ4n) is 2.30. The van der Waals surface area contributed by atoms with Crippen molar-refractivity contribution in [3.8, 4) is 5.69 Å². The van der Waals surface area contributed by atoms with Crippen LogP contribution < -0.4 is 5.32 Å². The molecule has 1 amide bonds. The van der Waals surface area contributed by atoms with Gasteiger partial charge in [-0.2, -0.15) is 15.0 Å². The minimum atomic E-state index is -0.591. The lowest BCUT2D eigenvalue weighted by atomic mass is 9.98. The SMILES string of the molecule is Cc1nn(-c2ccccc2)nc1C(=O)Nc1cnn(COC(=O)C(C)(C)C)c1. The molecule has 0 fully saturated rings. The van der Waals surface area contributed by atoms with Gasteiger partial charge in [0.2, 0.25) is 0 Å². The number of carbonyl (C=O) groups excluding carboxylic acids is 2. The van der Waals surface area contributed by atoms with Gasteiger partial charge in [-0.05, 0) is 39.8 Å². The number of benzene rings is 1. The molecule has 0 atom stereocenters. The summed E-state index contributed by atoms with van der Waals surface area (Å²) in [5, 5.41) is 15.4. The molecule has 2 heterocycles. The number of nitrogens with one attached hydrogen (secondary N) is 1. The van der Waals surface area contributed by atoms with Gasteiger partial charge in [-0.3, -0.25) is 9.59 Å². The van der Waals surface area contributed by atoms with Crippen LogP contribution in [-0.2, 0) is 16.3 Å². The lowest BCUT2D eigenvalue weighted by Crippen LogP contribution is -2.24. The van der Waals surface area contributed by atoms with Crippen LogP contribution in [0, 0.1) is 12.3 Å². The number of ether oxygens (including phenoxy) is 1. The van der Waals surface area contributed by atoms with Crippen LogP contribution >= 0.6 is 0 Å². The van der Waals surface area contributed by atoms with Crippen molar-refractivity contribution < 1.29 is 14.3 Å². The van der Waals surface area contributed by atoms with E-state index in [9.17, 15) is 9.59 Å². The summed E-state index contributed by atoms with van der Waals surface area (Å²) >= 11 is 0. The van der Waals surface area contributed by atoms with Gasteiger partial charge >= 0.3 is 5.97 Å². The molecule has 1 N–H and O–H groups in total. The van der Waals surface area contributed by atoms with Crippen LogP contribution in [0.3, 0.4) is 0 Å². The van der Waals surface area contributed by atoms with Gasteiger partial charge in [0.15, 0.2) is 12.4 Å². The highest BCUT2D eigenvalue weighted by Gasteiger charge is 2.23. The minimum absolute atomic E-state index is 0.0325. The molecule has 1 aromatic carbocycles. The van der Waals surface area contributed by atoms with E-state index < -0.39 is 11.3 Å². The summed E-state index contributed by atoms with van der Waals surface area (Å²) in [7, 11) is 0. The van der Waals surface area contributed by atoms with E-state index in [2.05, 4.69) is 20.6 Å². The molecule has 0 aliphatic carbocycles. The van der Waals surface area contributed by atoms with Gasteiger partial charge in [-0.25, -0.2) is 4.68 Å². The number of hydrogen-bond acceptors (Lipinski definition) is 6. The maximum atomic E-state index is 12.5. The first-order chi connectivity index (χ1) is 13.2. The maximum Gasteiger partial charge on any atom is 0.313 e. The second-order valence-electron chi connectivity index (χ2n) is 7.29. The molecule has 0 aliphatic rings. The largest absolute Gasteiger partial charge is 0.442 e. The summed E-state index contributed by atoms with van der Waals surface area (Å²) in [4.78, 5) is 25.8. The zero-order chi connectivity index (χ0) is 20.3. The van der Waals surface area contributed by atoms with Gasteiger partial charge in [0, 0.05) is 0 Å². The lowest BCUT2D eigenvalue weighted by molar-refractivity contribution is -0.157. The predicted molar refractivity (Wildman–Crippen MR) is 102 cm³/mol. The van der Waals surface area contributed by atoms with Gasteiger partial charge in [-0.1, -0.05) is 18.2 Å². The Kier molecular flexibility index (Phi) is 5.25. The molecule has 0 aliphatic heterocycles. The van der Waals surface area contributed by atoms with E-state index in [4.69, 9.17) is 4.74 Å². The number of carbonyl (C=O) groups is 2. The topological polar surface area (TPSA) is 104 Å². The molecule has 9 heteroatoms. The molecule has 3 rings (SSSR count). The van der Waals surface area contributed by atoms with Crippen molar-refractivity contribution in [2.45, 2.75) is 34.4 Å². The fourth-order valence-corrected chi connectivity index (χ4v) is 2.30. The number of nitrogens with zero attached hydrogens (tertiary/aromatic N) is 5. The van der Waals surface area contributed by atoms with E-state index in [0.29, 0.717) is 11.4 Å². The lowest BCUT2D eigenvalue weighted by Gasteiger charge is -2.16. The van der Waals surface area contributed by atoms with Crippen molar-refractivity contribution in [3.63, 3.8) is 0 Å². The molecule has 28 heavy (non-hydrogen) atoms. The Balaban J connectivity index is 1.65. The van der Waals surface area contributed by atoms with Crippen LogP contribution in [0.5, 0.6) is 0 Å². The summed E-state index contributed by atoms with van der Waals surface area (Å²) in [6, 6.07) is 9.33. The molecule has 0 spiro atoms. The first-order valence-corrected chi connectivity index (χ1v) is 8.74. The van der Waals surface area contributed by atoms with Gasteiger partial charge in [0.25, 0.3) is 5.91 Å². The van der Waals surface area contributed by atoms with Gasteiger partial charge in [0.1, 0.15) is 0 Å². The van der Waals surface area contributed by atoms with Crippen LogP contribution in [0.15, 0.2) is 42.7 Å². The third-order valence-electron chi connectivity index (χ3n) is 3.82. The number of rotatable bonds is 5. The first kappa shape index (κ1) is 19.3. The molecule has 0 radical (unpaired) electrons. The Bertz CT molecular complexity index is 985. The van der Waals surface area contributed by atoms with E-state index in [1.54, 1.807) is 33.9 Å². The normalized spacial score (nSPS) is 11.3. The molecule has 0 bridgehead atoms. The highest BCUT2D eigenvalue weighted by Crippen LogP contribution is 2.16. The third kappa shape index (κ3) is 4.43. The Morgan fingerprint density at radius 2 is 1.86 bits per heavy atom. The van der Waals surface area contributed by atoms with Crippen molar-refractivity contribution >= 4 is 17.6 Å². The number of para-hydroxylation sites is 1. The zero-order valence-electron chi connectivity index (χ0n) is 16.2. The molecular weight excluding hydrogens is 360 g/mol. The summed E-state index contributed by atoms with van der Waals surface area (Å²) in [6.45, 7) is 7.00. The molecule has 0 saturated heterocycles. The smallest absolute Gasteiger partial charge is 0.313 e. The molecule has 0 saturated carbocycles. The highest BCUT2D eigenvalue weighted by atomic mass is 16.5. The van der Waals surface area contributed by atoms with Gasteiger partial charge < -0.3 is 10.1 Å². The molecule has 0 unspecified atom stereocenters. The summed E-state index contributed by atoms with van der Waals surface area (Å²) in [5.74, 6) is -0.729. The van der Waals surface area contributed by atoms with E-state index in [0.717, 1.165) is 5.69 Å². The average molecular weight is 382 g/mol. The van der Waals surface area contributed by atoms with Crippen LogP contribution in [0.4, 0.5) is 5.69 Å². The van der Waals surface area contributed by atoms with Crippen molar-refractivity contribution in [2.24, 2.45) is 5.41 Å². The summed E-state index contributed by atoms with van der Waals surface area (Å²) in [6.07, 6.45) is 3.05. The van der Waals surface area contributed by atoms with Crippen LogP contribution in [0.2, 0.25) is 0 Å². The number of hydrogen-bond donors (Lipinski definition) is 1. The minimum Gasteiger partial charge on any atom is -0.442 e. The third-order valence-corrected chi connectivity index (χ3v) is 3.82. The first-order valence-electron chi connectivity index (χ1n) is 8.74. The van der Waals surface area contributed by atoms with Crippen molar-refractivity contribution in [2.75, 3.05) is 5.32 Å². The van der Waals surface area contributed by atoms with Crippen molar-refractivity contribution in [1.29, 1.82) is 0 Å². The van der Waals surface area contributed by atoms with Gasteiger partial charge in [0.05, 0.1) is 34.9 Å². The molecule has 146 valence electrons. The summed E-state index contributed by atoms with van der Waals surface area (Å²) < 4.78 is 6.61. The van der Waals surface area contributed by atoms with Gasteiger partial charge in [-0.15, -0.1) is 5.10 Å². The Labute approximate surface area is 162 Å². The second-order valence-corrected chi connectivity index (χ2v) is 7.29. The molecule has 2 aromatic heterocycles. The van der Waals surface area contributed by atoms with E-state index in [1.165, 1.54) is 15.7 Å². The number of anilines is 1. The average Bonchev–Trinajstić information content (AvgIpc) is 3.26. The molecule has 9 nitrogen and oxygen atoms in total. The Hall–Kier alpha value is -3.49. The maximum absolute atomic E-state index is 12.5.